The standard InChI is InChI=1S/C19H24N5O6P/c20-19-22-17-16(18(26)23-19)21-11-24(17)15-8-13(14(15)9-25)10-30-31(27,28)29-7-6-12-4-2-1-3-5-12/h1-5,11,13-15,25H,6-10H2,(H,27,28)(H3,20,22,23,26). The highest BCUT2D eigenvalue weighted by Crippen LogP contribution is 2.49. The Bertz CT molecular complexity index is 1150. The zero-order valence-corrected chi connectivity index (χ0v) is 17.5. The number of nitrogens with two attached hydrogens (primary N) is 1. The number of benzene rings is 1. The van der Waals surface area contributed by atoms with Gasteiger partial charge in [0.05, 0.1) is 19.5 Å². The van der Waals surface area contributed by atoms with Gasteiger partial charge in [-0.05, 0) is 24.3 Å². The maximum atomic E-state index is 12.2. The van der Waals surface area contributed by atoms with E-state index in [-0.39, 0.29) is 49.2 Å². The molecule has 4 atom stereocenters. The molecule has 1 aliphatic rings. The first-order valence-electron chi connectivity index (χ1n) is 9.87. The maximum absolute atomic E-state index is 12.2. The highest BCUT2D eigenvalue weighted by Gasteiger charge is 2.43. The summed E-state index contributed by atoms with van der Waals surface area (Å²) in [4.78, 5) is 32.5. The van der Waals surface area contributed by atoms with Gasteiger partial charge in [-0.15, -0.1) is 0 Å². The molecule has 5 N–H and O–H groups in total. The molecular formula is C19H24N5O6P. The number of anilines is 1. The summed E-state index contributed by atoms with van der Waals surface area (Å²) in [7, 11) is -4.21. The third kappa shape index (κ3) is 4.70. The summed E-state index contributed by atoms with van der Waals surface area (Å²) in [6.45, 7) is -0.150. The fraction of sp³-hybridized carbons (Fsp3) is 0.421. The van der Waals surface area contributed by atoms with Crippen LogP contribution in [0.25, 0.3) is 11.2 Å². The molecule has 12 heteroatoms. The second-order valence-corrected chi connectivity index (χ2v) is 8.97. The summed E-state index contributed by atoms with van der Waals surface area (Å²) < 4.78 is 24.1. The molecule has 0 aliphatic heterocycles. The van der Waals surface area contributed by atoms with Crippen molar-refractivity contribution >= 4 is 24.9 Å². The molecule has 0 saturated heterocycles. The number of nitrogens with one attached hydrogen (secondary N) is 1. The van der Waals surface area contributed by atoms with Crippen molar-refractivity contribution in [2.75, 3.05) is 25.6 Å². The van der Waals surface area contributed by atoms with Crippen LogP contribution in [0.5, 0.6) is 0 Å². The minimum absolute atomic E-state index is 0.0205. The number of rotatable bonds is 9. The van der Waals surface area contributed by atoms with Gasteiger partial charge in [0.2, 0.25) is 5.95 Å². The van der Waals surface area contributed by atoms with Crippen LogP contribution in [-0.4, -0.2) is 49.3 Å². The van der Waals surface area contributed by atoms with Crippen molar-refractivity contribution in [3.63, 3.8) is 0 Å². The second-order valence-electron chi connectivity index (χ2n) is 7.52. The van der Waals surface area contributed by atoms with E-state index in [0.717, 1.165) is 5.56 Å². The van der Waals surface area contributed by atoms with Gasteiger partial charge in [-0.3, -0.25) is 18.8 Å². The predicted octanol–water partition coefficient (Wildman–Crippen LogP) is 1.25. The van der Waals surface area contributed by atoms with E-state index in [1.54, 1.807) is 4.57 Å². The minimum Gasteiger partial charge on any atom is -0.396 e. The number of aromatic amines is 1. The van der Waals surface area contributed by atoms with Gasteiger partial charge in [0.25, 0.3) is 5.56 Å². The number of hydrogen-bond acceptors (Lipinski definition) is 8. The first-order chi connectivity index (χ1) is 14.9. The number of phosphoric ester groups is 1. The maximum Gasteiger partial charge on any atom is 0.472 e. The van der Waals surface area contributed by atoms with Crippen LogP contribution in [0.15, 0.2) is 41.5 Å². The molecule has 4 unspecified atom stereocenters. The number of imidazole rings is 1. The quantitative estimate of drug-likeness (QED) is 0.352. The van der Waals surface area contributed by atoms with Crippen molar-refractivity contribution < 1.29 is 23.6 Å². The lowest BCUT2D eigenvalue weighted by Crippen LogP contribution is -2.42. The van der Waals surface area contributed by atoms with Gasteiger partial charge in [-0.1, -0.05) is 30.3 Å². The van der Waals surface area contributed by atoms with Gasteiger partial charge in [0, 0.05) is 18.6 Å². The Kier molecular flexibility index (Phi) is 6.22. The van der Waals surface area contributed by atoms with E-state index in [1.807, 2.05) is 30.3 Å². The highest BCUT2D eigenvalue weighted by atomic mass is 31.2. The number of nitrogens with zero attached hydrogens (tertiary/aromatic N) is 3. The molecule has 0 amide bonds. The molecule has 4 rings (SSSR count). The summed E-state index contributed by atoms with van der Waals surface area (Å²) in [6.07, 6.45) is 2.53. The number of aliphatic hydroxyl groups is 1. The number of aromatic nitrogens is 4. The summed E-state index contributed by atoms with van der Waals surface area (Å²) >= 11 is 0. The largest absolute Gasteiger partial charge is 0.472 e. The first-order valence-corrected chi connectivity index (χ1v) is 11.4. The van der Waals surface area contributed by atoms with Crippen LogP contribution in [-0.2, 0) is 20.0 Å². The Morgan fingerprint density at radius 2 is 2.06 bits per heavy atom. The Morgan fingerprint density at radius 3 is 2.81 bits per heavy atom. The monoisotopic (exact) mass is 449 g/mol. The molecule has 11 nitrogen and oxygen atoms in total. The molecule has 0 radical (unpaired) electrons. The van der Waals surface area contributed by atoms with Crippen LogP contribution < -0.4 is 11.3 Å². The second kappa shape index (κ2) is 8.89. The Labute approximate surface area is 177 Å². The molecule has 31 heavy (non-hydrogen) atoms. The van der Waals surface area contributed by atoms with E-state index in [1.165, 1.54) is 6.33 Å². The fourth-order valence-corrected chi connectivity index (χ4v) is 4.67. The smallest absolute Gasteiger partial charge is 0.396 e. The van der Waals surface area contributed by atoms with Crippen LogP contribution in [0.4, 0.5) is 5.95 Å². The van der Waals surface area contributed by atoms with Crippen molar-refractivity contribution in [3.8, 4) is 0 Å². The van der Waals surface area contributed by atoms with Gasteiger partial charge < -0.3 is 20.3 Å². The molecule has 2 aromatic heterocycles. The first kappa shape index (κ1) is 21.7. The number of nitrogen functional groups attached to an aromatic ring is 1. The number of fused-ring (bicyclic) bond motifs is 1. The van der Waals surface area contributed by atoms with Crippen LogP contribution in [0.2, 0.25) is 0 Å². The third-order valence-electron chi connectivity index (χ3n) is 5.60. The molecule has 3 aromatic rings. The van der Waals surface area contributed by atoms with Crippen molar-refractivity contribution in [3.05, 3.63) is 52.6 Å². The van der Waals surface area contributed by atoms with E-state index in [0.29, 0.717) is 18.5 Å². The van der Waals surface area contributed by atoms with Gasteiger partial charge in [-0.2, -0.15) is 4.98 Å². The summed E-state index contributed by atoms with van der Waals surface area (Å²) in [5, 5.41) is 9.84. The van der Waals surface area contributed by atoms with Crippen LogP contribution >= 0.6 is 7.82 Å². The fourth-order valence-electron chi connectivity index (χ4n) is 3.90. The van der Waals surface area contributed by atoms with E-state index in [2.05, 4.69) is 15.0 Å². The Balaban J connectivity index is 1.34. The summed E-state index contributed by atoms with van der Waals surface area (Å²) in [5.74, 6) is -0.443. The zero-order chi connectivity index (χ0) is 22.0. The molecule has 0 bridgehead atoms. The number of aliphatic hydroxyl groups excluding tert-OH is 1. The minimum atomic E-state index is -4.21. The number of H-pyrrole nitrogens is 1. The van der Waals surface area contributed by atoms with Crippen molar-refractivity contribution in [2.45, 2.75) is 18.9 Å². The molecule has 0 spiro atoms. The molecule has 1 fully saturated rings. The Morgan fingerprint density at radius 1 is 1.29 bits per heavy atom. The Hall–Kier alpha value is -2.56. The van der Waals surface area contributed by atoms with Crippen LogP contribution in [0.1, 0.15) is 18.0 Å². The zero-order valence-electron chi connectivity index (χ0n) is 16.6. The number of hydrogen-bond donors (Lipinski definition) is 4. The van der Waals surface area contributed by atoms with Crippen molar-refractivity contribution in [1.82, 2.24) is 19.5 Å². The topological polar surface area (TPSA) is 166 Å². The number of phosphoric acid groups is 1. The molecule has 1 aromatic carbocycles. The van der Waals surface area contributed by atoms with Gasteiger partial charge in [-0.25, -0.2) is 9.55 Å². The van der Waals surface area contributed by atoms with Crippen molar-refractivity contribution in [2.24, 2.45) is 11.8 Å². The van der Waals surface area contributed by atoms with E-state index < -0.39 is 13.4 Å². The van der Waals surface area contributed by atoms with E-state index in [4.69, 9.17) is 14.8 Å². The SMILES string of the molecule is Nc1nc2c(ncn2C2CC(COP(=O)(O)OCCc3ccccc3)C2CO)c(=O)[nH]1. The lowest BCUT2D eigenvalue weighted by Gasteiger charge is -2.44. The summed E-state index contributed by atoms with van der Waals surface area (Å²) in [5.41, 5.74) is 6.68. The summed E-state index contributed by atoms with van der Waals surface area (Å²) in [6, 6.07) is 9.29. The average molecular weight is 449 g/mol. The third-order valence-corrected chi connectivity index (χ3v) is 6.59. The van der Waals surface area contributed by atoms with Crippen LogP contribution in [0, 0.1) is 11.8 Å². The molecule has 166 valence electrons. The lowest BCUT2D eigenvalue weighted by molar-refractivity contribution is -0.00796. The average Bonchev–Trinajstić information content (AvgIpc) is 3.12. The van der Waals surface area contributed by atoms with Crippen LogP contribution in [0.3, 0.4) is 0 Å². The van der Waals surface area contributed by atoms with E-state index in [9.17, 15) is 19.4 Å². The van der Waals surface area contributed by atoms with Crippen molar-refractivity contribution in [1.29, 1.82) is 0 Å². The lowest BCUT2D eigenvalue weighted by atomic mass is 9.70. The predicted molar refractivity (Wildman–Crippen MR) is 112 cm³/mol. The molecular weight excluding hydrogens is 425 g/mol. The molecule has 1 saturated carbocycles. The molecule has 2 heterocycles. The highest BCUT2D eigenvalue weighted by molar-refractivity contribution is 7.47. The molecule has 1 aliphatic carbocycles. The van der Waals surface area contributed by atoms with Gasteiger partial charge >= 0.3 is 7.82 Å². The van der Waals surface area contributed by atoms with Gasteiger partial charge in [0.15, 0.2) is 11.2 Å². The normalized spacial score (nSPS) is 22.8. The van der Waals surface area contributed by atoms with Gasteiger partial charge in [0.1, 0.15) is 0 Å². The van der Waals surface area contributed by atoms with E-state index >= 15 is 0 Å².